The Bertz CT molecular complexity index is 998. The Morgan fingerprint density at radius 3 is 2.55 bits per heavy atom. The molecule has 0 fully saturated rings. The normalized spacial score (nSPS) is 11.3. The van der Waals surface area contributed by atoms with Gasteiger partial charge in [0.15, 0.2) is 6.61 Å². The van der Waals surface area contributed by atoms with Crippen molar-refractivity contribution in [3.8, 4) is 17.0 Å². The Labute approximate surface area is 170 Å². The smallest absolute Gasteiger partial charge is 0.422 e. The summed E-state index contributed by atoms with van der Waals surface area (Å²) in [4.78, 5) is 17.9. The van der Waals surface area contributed by atoms with E-state index >= 15 is 0 Å². The first kappa shape index (κ1) is 20.9. The predicted octanol–water partition coefficient (Wildman–Crippen LogP) is 5.55. The topological polar surface area (TPSA) is 51.2 Å². The summed E-state index contributed by atoms with van der Waals surface area (Å²) in [7, 11) is 0. The van der Waals surface area contributed by atoms with Gasteiger partial charge in [-0.2, -0.15) is 13.2 Å². The highest BCUT2D eigenvalue weighted by Gasteiger charge is 2.28. The quantitative estimate of drug-likeness (QED) is 0.569. The van der Waals surface area contributed by atoms with Gasteiger partial charge in [-0.1, -0.05) is 35.9 Å². The number of aryl methyl sites for hydroxylation is 2. The number of benzene rings is 2. The molecule has 0 aliphatic carbocycles. The maximum atomic E-state index is 12.5. The molecule has 1 amide bonds. The van der Waals surface area contributed by atoms with Crippen LogP contribution in [0.4, 0.5) is 18.9 Å². The van der Waals surface area contributed by atoms with Gasteiger partial charge in [-0.25, -0.2) is 4.98 Å². The monoisotopic (exact) mass is 420 g/mol. The maximum Gasteiger partial charge on any atom is 0.422 e. The van der Waals surface area contributed by atoms with Crippen LogP contribution in [0, 0.1) is 13.8 Å². The molecule has 1 heterocycles. The Hall–Kier alpha value is -2.87. The molecule has 29 heavy (non-hydrogen) atoms. The number of halogens is 3. The van der Waals surface area contributed by atoms with E-state index in [4.69, 9.17) is 4.74 Å². The number of carbonyl (C=O) groups is 1. The Balaban J connectivity index is 1.70. The van der Waals surface area contributed by atoms with Gasteiger partial charge >= 0.3 is 6.18 Å². The lowest BCUT2D eigenvalue weighted by Gasteiger charge is -2.11. The van der Waals surface area contributed by atoms with Crippen LogP contribution in [-0.4, -0.2) is 23.7 Å². The number of thiazole rings is 1. The molecule has 0 radical (unpaired) electrons. The van der Waals surface area contributed by atoms with Gasteiger partial charge in [0.25, 0.3) is 0 Å². The summed E-state index contributed by atoms with van der Waals surface area (Å²) in [6.45, 7) is 2.49. The Kier molecular flexibility index (Phi) is 6.22. The fourth-order valence-corrected chi connectivity index (χ4v) is 3.66. The molecular weight excluding hydrogens is 401 g/mol. The first-order chi connectivity index (χ1) is 13.7. The third-order valence-electron chi connectivity index (χ3n) is 3.97. The number of rotatable bonds is 6. The largest absolute Gasteiger partial charge is 0.484 e. The minimum atomic E-state index is -4.42. The minimum absolute atomic E-state index is 0.0362. The molecule has 0 spiro atoms. The van der Waals surface area contributed by atoms with E-state index in [9.17, 15) is 18.0 Å². The molecule has 0 aliphatic rings. The van der Waals surface area contributed by atoms with E-state index < -0.39 is 12.8 Å². The Morgan fingerprint density at radius 1 is 1.14 bits per heavy atom. The van der Waals surface area contributed by atoms with Gasteiger partial charge in [-0.05, 0) is 26.0 Å². The fraction of sp³-hybridized carbons (Fsp3) is 0.238. The zero-order valence-electron chi connectivity index (χ0n) is 15.8. The van der Waals surface area contributed by atoms with E-state index in [-0.39, 0.29) is 18.1 Å². The summed E-state index contributed by atoms with van der Waals surface area (Å²) < 4.78 is 41.6. The van der Waals surface area contributed by atoms with E-state index in [1.807, 2.05) is 38.1 Å². The number of carbonyl (C=O) groups excluding carboxylic acids is 1. The van der Waals surface area contributed by atoms with Gasteiger partial charge in [0.1, 0.15) is 5.75 Å². The standard InChI is InChI=1S/C21H19F3N2O2S/c1-13-6-8-15(9-7-13)20-18(29-14(2)25-20)11-19(27)26-16-4-3-5-17(10-16)28-12-21(22,23)24/h3-10H,11-12H2,1-2H3,(H,26,27). The average molecular weight is 420 g/mol. The number of nitrogens with zero attached hydrogens (tertiary/aromatic N) is 1. The molecule has 4 nitrogen and oxygen atoms in total. The highest BCUT2D eigenvalue weighted by atomic mass is 32.1. The van der Waals surface area contributed by atoms with Crippen molar-refractivity contribution < 1.29 is 22.7 Å². The van der Waals surface area contributed by atoms with Crippen LogP contribution in [0.3, 0.4) is 0 Å². The highest BCUT2D eigenvalue weighted by Crippen LogP contribution is 2.29. The third kappa shape index (κ3) is 6.05. The molecule has 1 N–H and O–H groups in total. The van der Waals surface area contributed by atoms with Gasteiger partial charge in [0, 0.05) is 22.2 Å². The van der Waals surface area contributed by atoms with Crippen LogP contribution >= 0.6 is 11.3 Å². The van der Waals surface area contributed by atoms with Crippen LogP contribution in [0.25, 0.3) is 11.3 Å². The summed E-state index contributed by atoms with van der Waals surface area (Å²) in [5, 5.41) is 3.56. The second-order valence-electron chi connectivity index (χ2n) is 6.53. The number of hydrogen-bond donors (Lipinski definition) is 1. The molecule has 8 heteroatoms. The molecule has 0 bridgehead atoms. The molecule has 3 aromatic rings. The maximum absolute atomic E-state index is 12.5. The number of hydrogen-bond acceptors (Lipinski definition) is 4. The summed E-state index contributed by atoms with van der Waals surface area (Å²) in [5.41, 5.74) is 3.20. The van der Waals surface area contributed by atoms with Crippen molar-refractivity contribution in [2.45, 2.75) is 26.4 Å². The van der Waals surface area contributed by atoms with Crippen molar-refractivity contribution in [3.05, 3.63) is 64.0 Å². The lowest BCUT2D eigenvalue weighted by molar-refractivity contribution is -0.153. The SMILES string of the molecule is Cc1ccc(-c2nc(C)sc2CC(=O)Nc2cccc(OCC(F)(F)F)c2)cc1. The van der Waals surface area contributed by atoms with Crippen LogP contribution in [0.1, 0.15) is 15.4 Å². The van der Waals surface area contributed by atoms with Gasteiger partial charge in [0.05, 0.1) is 17.1 Å². The van der Waals surface area contributed by atoms with Crippen molar-refractivity contribution in [1.29, 1.82) is 0 Å². The van der Waals surface area contributed by atoms with Crippen molar-refractivity contribution in [2.24, 2.45) is 0 Å². The van der Waals surface area contributed by atoms with Gasteiger partial charge in [0.2, 0.25) is 5.91 Å². The van der Waals surface area contributed by atoms with Crippen molar-refractivity contribution in [1.82, 2.24) is 4.98 Å². The summed E-state index contributed by atoms with van der Waals surface area (Å²) >= 11 is 1.44. The van der Waals surface area contributed by atoms with E-state index in [1.54, 1.807) is 6.07 Å². The lowest BCUT2D eigenvalue weighted by atomic mass is 10.1. The number of alkyl halides is 3. The molecule has 152 valence electrons. The van der Waals surface area contributed by atoms with Crippen LogP contribution in [0.15, 0.2) is 48.5 Å². The van der Waals surface area contributed by atoms with Gasteiger partial charge in [-0.15, -0.1) is 11.3 Å². The van der Waals surface area contributed by atoms with Crippen molar-refractivity contribution >= 4 is 22.9 Å². The lowest BCUT2D eigenvalue weighted by Crippen LogP contribution is -2.19. The van der Waals surface area contributed by atoms with E-state index in [1.165, 1.54) is 29.5 Å². The first-order valence-electron chi connectivity index (χ1n) is 8.82. The predicted molar refractivity (Wildman–Crippen MR) is 107 cm³/mol. The number of anilines is 1. The Morgan fingerprint density at radius 2 is 1.86 bits per heavy atom. The second-order valence-corrected chi connectivity index (χ2v) is 7.82. The van der Waals surface area contributed by atoms with E-state index in [0.717, 1.165) is 26.7 Å². The van der Waals surface area contributed by atoms with Gasteiger partial charge < -0.3 is 10.1 Å². The summed E-state index contributed by atoms with van der Waals surface area (Å²) in [6.07, 6.45) is -4.31. The molecule has 0 aliphatic heterocycles. The zero-order valence-corrected chi connectivity index (χ0v) is 16.7. The third-order valence-corrected chi connectivity index (χ3v) is 4.94. The van der Waals surface area contributed by atoms with Crippen LogP contribution in [0.5, 0.6) is 5.75 Å². The van der Waals surface area contributed by atoms with Gasteiger partial charge in [-0.3, -0.25) is 4.79 Å². The fourth-order valence-electron chi connectivity index (χ4n) is 2.71. The number of ether oxygens (including phenoxy) is 1. The number of nitrogens with one attached hydrogen (secondary N) is 1. The van der Waals surface area contributed by atoms with E-state index in [0.29, 0.717) is 5.69 Å². The van der Waals surface area contributed by atoms with E-state index in [2.05, 4.69) is 10.3 Å². The molecule has 0 unspecified atom stereocenters. The summed E-state index contributed by atoms with van der Waals surface area (Å²) in [5.74, 6) is -0.246. The molecule has 1 aromatic heterocycles. The first-order valence-corrected chi connectivity index (χ1v) is 9.64. The second kappa shape index (κ2) is 8.65. The molecule has 3 rings (SSSR count). The molecule has 0 saturated carbocycles. The molecular formula is C21H19F3N2O2S. The number of amides is 1. The van der Waals surface area contributed by atoms with Crippen molar-refractivity contribution in [3.63, 3.8) is 0 Å². The van der Waals surface area contributed by atoms with Crippen LogP contribution in [-0.2, 0) is 11.2 Å². The zero-order chi connectivity index (χ0) is 21.0. The highest BCUT2D eigenvalue weighted by molar-refractivity contribution is 7.12. The molecule has 2 aromatic carbocycles. The number of aromatic nitrogens is 1. The van der Waals surface area contributed by atoms with Crippen molar-refractivity contribution in [2.75, 3.05) is 11.9 Å². The average Bonchev–Trinajstić information content (AvgIpc) is 3.00. The molecule has 0 saturated heterocycles. The van der Waals surface area contributed by atoms with Crippen LogP contribution in [0.2, 0.25) is 0 Å². The summed E-state index contributed by atoms with van der Waals surface area (Å²) in [6, 6.07) is 13.8. The van der Waals surface area contributed by atoms with Crippen LogP contribution < -0.4 is 10.1 Å². The minimum Gasteiger partial charge on any atom is -0.484 e. The molecule has 0 atom stereocenters.